The summed E-state index contributed by atoms with van der Waals surface area (Å²) in [5.74, 6) is 2.04. The Kier molecular flexibility index (Phi) is 5.69. The van der Waals surface area contributed by atoms with Crippen LogP contribution in [-0.2, 0) is 4.79 Å². The molecule has 1 atom stereocenters. The van der Waals surface area contributed by atoms with Crippen LogP contribution in [0.3, 0.4) is 0 Å². The first-order valence-electron chi connectivity index (χ1n) is 8.68. The van der Waals surface area contributed by atoms with Gasteiger partial charge in [-0.05, 0) is 26.3 Å². The van der Waals surface area contributed by atoms with Crippen LogP contribution in [0.15, 0.2) is 17.3 Å². The third-order valence-corrected chi connectivity index (χ3v) is 5.13. The number of methoxy groups -OCH3 is 2. The van der Waals surface area contributed by atoms with Gasteiger partial charge in [0, 0.05) is 17.5 Å². The fourth-order valence-corrected chi connectivity index (χ4v) is 3.41. The lowest BCUT2D eigenvalue weighted by Crippen LogP contribution is -2.33. The van der Waals surface area contributed by atoms with E-state index in [2.05, 4.69) is 20.4 Å². The van der Waals surface area contributed by atoms with E-state index < -0.39 is 0 Å². The fraction of sp³-hybridized carbons (Fsp3) is 0.444. The van der Waals surface area contributed by atoms with Gasteiger partial charge in [-0.15, -0.1) is 5.10 Å². The van der Waals surface area contributed by atoms with E-state index in [1.165, 1.54) is 11.8 Å². The average molecular weight is 389 g/mol. The van der Waals surface area contributed by atoms with Crippen molar-refractivity contribution in [3.05, 3.63) is 18.0 Å². The van der Waals surface area contributed by atoms with E-state index in [9.17, 15) is 4.79 Å². The molecule has 0 saturated carbocycles. The molecule has 1 N–H and O–H groups in total. The molecule has 0 bridgehead atoms. The maximum Gasteiger partial charge on any atom is 0.230 e. The van der Waals surface area contributed by atoms with Crippen LogP contribution in [0.4, 0.5) is 0 Å². The molecule has 0 spiro atoms. The topological polar surface area (TPSA) is 90.6 Å². The summed E-state index contributed by atoms with van der Waals surface area (Å²) in [4.78, 5) is 21.3. The van der Waals surface area contributed by atoms with Crippen LogP contribution in [-0.4, -0.2) is 51.5 Å². The highest BCUT2D eigenvalue weighted by Crippen LogP contribution is 2.34. The molecule has 8 nitrogen and oxygen atoms in total. The maximum absolute atomic E-state index is 12.1. The highest BCUT2D eigenvalue weighted by molar-refractivity contribution is 7.99. The monoisotopic (exact) mass is 389 g/mol. The molecule has 0 aliphatic carbocycles. The molecule has 1 amide bonds. The predicted molar refractivity (Wildman–Crippen MR) is 105 cm³/mol. The second-order valence-corrected chi connectivity index (χ2v) is 7.12. The average Bonchev–Trinajstić information content (AvgIpc) is 3.06. The van der Waals surface area contributed by atoms with Crippen LogP contribution < -0.4 is 14.8 Å². The Bertz CT molecular complexity index is 988. The van der Waals surface area contributed by atoms with Gasteiger partial charge in [-0.2, -0.15) is 4.52 Å². The van der Waals surface area contributed by atoms with Gasteiger partial charge in [-0.3, -0.25) is 4.79 Å². The van der Waals surface area contributed by atoms with E-state index in [4.69, 9.17) is 9.47 Å². The van der Waals surface area contributed by atoms with Gasteiger partial charge >= 0.3 is 0 Å². The summed E-state index contributed by atoms with van der Waals surface area (Å²) < 4.78 is 12.4. The van der Waals surface area contributed by atoms with Crippen molar-refractivity contribution in [1.82, 2.24) is 24.9 Å². The zero-order chi connectivity index (χ0) is 19.6. The lowest BCUT2D eigenvalue weighted by Gasteiger charge is -2.12. The van der Waals surface area contributed by atoms with Crippen molar-refractivity contribution >= 4 is 34.2 Å². The van der Waals surface area contributed by atoms with Gasteiger partial charge in [0.2, 0.25) is 5.91 Å². The van der Waals surface area contributed by atoms with Gasteiger partial charge in [-0.1, -0.05) is 18.7 Å². The van der Waals surface area contributed by atoms with Crippen molar-refractivity contribution in [2.75, 3.05) is 20.0 Å². The van der Waals surface area contributed by atoms with E-state index in [-0.39, 0.29) is 17.7 Å². The highest BCUT2D eigenvalue weighted by atomic mass is 32.2. The number of ether oxygens (including phenoxy) is 2. The summed E-state index contributed by atoms with van der Waals surface area (Å²) in [6.45, 7) is 5.84. The van der Waals surface area contributed by atoms with E-state index in [1.54, 1.807) is 18.7 Å². The van der Waals surface area contributed by atoms with Crippen LogP contribution in [0.5, 0.6) is 11.5 Å². The molecule has 0 aliphatic rings. The third-order valence-electron chi connectivity index (χ3n) is 4.21. The minimum atomic E-state index is -0.0338. The molecule has 3 rings (SSSR count). The molecule has 27 heavy (non-hydrogen) atoms. The number of aryl methyl sites for hydroxylation is 1. The Balaban J connectivity index is 2.02. The van der Waals surface area contributed by atoms with Crippen LogP contribution >= 0.6 is 11.8 Å². The Labute approximate surface area is 161 Å². The Morgan fingerprint density at radius 1 is 1.26 bits per heavy atom. The second-order valence-electron chi connectivity index (χ2n) is 6.18. The summed E-state index contributed by atoms with van der Waals surface area (Å²) in [6.07, 6.45) is 0.888. The minimum Gasteiger partial charge on any atom is -0.493 e. The van der Waals surface area contributed by atoms with E-state index in [0.29, 0.717) is 33.6 Å². The van der Waals surface area contributed by atoms with Crippen molar-refractivity contribution in [3.63, 3.8) is 0 Å². The maximum atomic E-state index is 12.1. The highest BCUT2D eigenvalue weighted by Gasteiger charge is 2.17. The molecule has 0 fully saturated rings. The van der Waals surface area contributed by atoms with E-state index in [0.717, 1.165) is 11.8 Å². The summed E-state index contributed by atoms with van der Waals surface area (Å²) in [5.41, 5.74) is 1.38. The van der Waals surface area contributed by atoms with Crippen LogP contribution in [0.2, 0.25) is 0 Å². The molecule has 0 aliphatic heterocycles. The smallest absolute Gasteiger partial charge is 0.230 e. The number of hydrogen-bond donors (Lipinski definition) is 1. The van der Waals surface area contributed by atoms with E-state index in [1.807, 2.05) is 32.9 Å². The molecule has 0 saturated heterocycles. The number of nitrogens with zero attached hydrogens (tertiary/aromatic N) is 4. The van der Waals surface area contributed by atoms with Crippen molar-refractivity contribution in [2.24, 2.45) is 0 Å². The molecule has 1 aromatic carbocycles. The number of aromatic nitrogens is 4. The number of thioether (sulfide) groups is 1. The summed E-state index contributed by atoms with van der Waals surface area (Å²) >= 11 is 1.33. The molecule has 0 unspecified atom stereocenters. The van der Waals surface area contributed by atoms with Crippen molar-refractivity contribution in [3.8, 4) is 11.5 Å². The number of benzene rings is 1. The van der Waals surface area contributed by atoms with Gasteiger partial charge in [0.15, 0.2) is 22.3 Å². The summed E-state index contributed by atoms with van der Waals surface area (Å²) in [7, 11) is 3.17. The molecule has 9 heteroatoms. The van der Waals surface area contributed by atoms with Gasteiger partial charge < -0.3 is 14.8 Å². The number of nitrogens with one attached hydrogen (secondary N) is 1. The molecule has 2 heterocycles. The van der Waals surface area contributed by atoms with Crippen molar-refractivity contribution < 1.29 is 14.3 Å². The van der Waals surface area contributed by atoms with Gasteiger partial charge in [0.1, 0.15) is 5.82 Å². The molecular formula is C18H23N5O3S. The van der Waals surface area contributed by atoms with Crippen LogP contribution in [0, 0.1) is 6.92 Å². The minimum absolute atomic E-state index is 0.0338. The molecule has 144 valence electrons. The largest absolute Gasteiger partial charge is 0.493 e. The van der Waals surface area contributed by atoms with Gasteiger partial charge in [-0.25, -0.2) is 9.97 Å². The molecule has 0 radical (unpaired) electrons. The Hall–Kier alpha value is -2.55. The SMILES string of the molecule is CC[C@@H](C)NC(=O)CSc1nc2cc(OC)c(OC)cc2c2nc(C)nn12. The predicted octanol–water partition coefficient (Wildman–Crippen LogP) is 2.61. The summed E-state index contributed by atoms with van der Waals surface area (Å²) in [5, 5.41) is 8.80. The van der Waals surface area contributed by atoms with Crippen molar-refractivity contribution in [2.45, 2.75) is 38.4 Å². The summed E-state index contributed by atoms with van der Waals surface area (Å²) in [6, 6.07) is 3.80. The molecule has 2 aromatic heterocycles. The first-order valence-corrected chi connectivity index (χ1v) is 9.66. The van der Waals surface area contributed by atoms with Crippen molar-refractivity contribution in [1.29, 1.82) is 0 Å². The van der Waals surface area contributed by atoms with Gasteiger partial charge in [0.25, 0.3) is 0 Å². The third kappa shape index (κ3) is 3.92. The number of carbonyl (C=O) groups excluding carboxylic acids is 1. The Morgan fingerprint density at radius 3 is 2.63 bits per heavy atom. The van der Waals surface area contributed by atoms with Crippen LogP contribution in [0.1, 0.15) is 26.1 Å². The number of rotatable bonds is 7. The van der Waals surface area contributed by atoms with E-state index >= 15 is 0 Å². The molecule has 3 aromatic rings. The molecular weight excluding hydrogens is 366 g/mol. The number of carbonyl (C=O) groups is 1. The zero-order valence-corrected chi connectivity index (χ0v) is 16.9. The number of amides is 1. The normalized spacial score (nSPS) is 12.3. The quantitative estimate of drug-likeness (QED) is 0.491. The van der Waals surface area contributed by atoms with Crippen LogP contribution in [0.25, 0.3) is 16.6 Å². The zero-order valence-electron chi connectivity index (χ0n) is 16.1. The van der Waals surface area contributed by atoms with Gasteiger partial charge in [0.05, 0.1) is 25.5 Å². The second kappa shape index (κ2) is 7.99. The fourth-order valence-electron chi connectivity index (χ4n) is 2.66. The first kappa shape index (κ1) is 19.2. The lowest BCUT2D eigenvalue weighted by atomic mass is 10.2. The Morgan fingerprint density at radius 2 is 1.96 bits per heavy atom. The lowest BCUT2D eigenvalue weighted by molar-refractivity contribution is -0.119. The number of hydrogen-bond acceptors (Lipinski definition) is 7. The standard InChI is InChI=1S/C18H23N5O3S/c1-6-10(2)19-16(24)9-27-18-21-13-8-15(26-5)14(25-4)7-12(13)17-20-11(3)22-23(17)18/h7-8,10H,6,9H2,1-5H3,(H,19,24)/t10-/m1/s1. The first-order chi connectivity index (χ1) is 13.0. The number of fused-ring (bicyclic) bond motifs is 3.